The Labute approximate surface area is 121 Å². The number of piperazine rings is 1. The van der Waals surface area contributed by atoms with Gasteiger partial charge in [-0.25, -0.2) is 4.39 Å². The Morgan fingerprint density at radius 2 is 1.80 bits per heavy atom. The molecule has 3 nitrogen and oxygen atoms in total. The summed E-state index contributed by atoms with van der Waals surface area (Å²) in [7, 11) is 0. The van der Waals surface area contributed by atoms with Gasteiger partial charge in [0.15, 0.2) is 0 Å². The van der Waals surface area contributed by atoms with Crippen molar-refractivity contribution in [1.29, 1.82) is 0 Å². The fraction of sp³-hybridized carbons (Fsp3) is 0.625. The van der Waals surface area contributed by atoms with Gasteiger partial charge < -0.3 is 10.6 Å². The van der Waals surface area contributed by atoms with Crippen molar-refractivity contribution in [3.05, 3.63) is 29.6 Å². The van der Waals surface area contributed by atoms with Crippen molar-refractivity contribution < 1.29 is 4.39 Å². The zero-order valence-corrected chi connectivity index (χ0v) is 12.8. The van der Waals surface area contributed by atoms with E-state index in [1.807, 2.05) is 13.0 Å². The van der Waals surface area contributed by atoms with Crippen molar-refractivity contribution in [3.8, 4) is 0 Å². The van der Waals surface area contributed by atoms with Crippen molar-refractivity contribution in [2.75, 3.05) is 37.6 Å². The lowest BCUT2D eigenvalue weighted by molar-refractivity contribution is 0.230. The maximum absolute atomic E-state index is 14.2. The first-order chi connectivity index (χ1) is 9.49. The van der Waals surface area contributed by atoms with Gasteiger partial charge in [-0.15, -0.1) is 0 Å². The van der Waals surface area contributed by atoms with E-state index < -0.39 is 0 Å². The summed E-state index contributed by atoms with van der Waals surface area (Å²) in [4.78, 5) is 4.60. The lowest BCUT2D eigenvalue weighted by atomic mass is 10.0. The van der Waals surface area contributed by atoms with Crippen molar-refractivity contribution in [2.45, 2.75) is 26.8 Å². The number of nitrogens with zero attached hydrogens (tertiary/aromatic N) is 2. The molecule has 1 aliphatic rings. The summed E-state index contributed by atoms with van der Waals surface area (Å²) in [6.45, 7) is 11.2. The van der Waals surface area contributed by atoms with Gasteiger partial charge in [0.05, 0.1) is 5.69 Å². The molecule has 1 aromatic rings. The molecule has 1 heterocycles. The molecule has 0 aliphatic carbocycles. The van der Waals surface area contributed by atoms with Crippen molar-refractivity contribution >= 4 is 5.69 Å². The summed E-state index contributed by atoms with van der Waals surface area (Å²) in [5.41, 5.74) is 7.59. The number of nitrogens with two attached hydrogens (primary N) is 1. The van der Waals surface area contributed by atoms with E-state index in [0.717, 1.165) is 38.3 Å². The van der Waals surface area contributed by atoms with Gasteiger partial charge >= 0.3 is 0 Å². The fourth-order valence-electron chi connectivity index (χ4n) is 2.90. The Hall–Kier alpha value is -1.13. The van der Waals surface area contributed by atoms with Crippen LogP contribution in [0.3, 0.4) is 0 Å². The highest BCUT2D eigenvalue weighted by Gasteiger charge is 2.23. The van der Waals surface area contributed by atoms with E-state index in [1.165, 1.54) is 6.07 Å². The maximum atomic E-state index is 14.2. The minimum atomic E-state index is -0.155. The van der Waals surface area contributed by atoms with Gasteiger partial charge in [0.25, 0.3) is 0 Å². The molecule has 0 saturated carbocycles. The van der Waals surface area contributed by atoms with E-state index in [0.29, 0.717) is 11.6 Å². The van der Waals surface area contributed by atoms with Crippen LogP contribution in [0, 0.1) is 11.7 Å². The molecular weight excluding hydrogens is 253 g/mol. The number of hydrogen-bond donors (Lipinski definition) is 1. The van der Waals surface area contributed by atoms with Crippen LogP contribution in [0.4, 0.5) is 10.1 Å². The van der Waals surface area contributed by atoms with Crippen molar-refractivity contribution in [3.63, 3.8) is 0 Å². The van der Waals surface area contributed by atoms with Gasteiger partial charge in [-0.05, 0) is 24.5 Å². The molecular formula is C16H26FN3. The summed E-state index contributed by atoms with van der Waals surface area (Å²) in [5.74, 6) is 0.520. The lowest BCUT2D eigenvalue weighted by Crippen LogP contribution is -2.48. The molecule has 112 valence electrons. The molecule has 2 N–H and O–H groups in total. The first kappa shape index (κ1) is 15.3. The highest BCUT2D eigenvalue weighted by atomic mass is 19.1. The zero-order valence-electron chi connectivity index (χ0n) is 12.8. The van der Waals surface area contributed by atoms with Crippen LogP contribution in [0.25, 0.3) is 0 Å². The Balaban J connectivity index is 2.11. The van der Waals surface area contributed by atoms with Gasteiger partial charge in [-0.1, -0.05) is 26.0 Å². The van der Waals surface area contributed by atoms with Crippen molar-refractivity contribution in [2.24, 2.45) is 11.7 Å². The molecule has 0 unspecified atom stereocenters. The van der Waals surface area contributed by atoms with Gasteiger partial charge in [0.1, 0.15) is 5.82 Å². The van der Waals surface area contributed by atoms with Crippen LogP contribution in [0.15, 0.2) is 18.2 Å². The predicted octanol–water partition coefficient (Wildman–Crippen LogP) is 2.62. The molecule has 0 spiro atoms. The quantitative estimate of drug-likeness (QED) is 0.919. The largest absolute Gasteiger partial charge is 0.366 e. The molecule has 1 aromatic carbocycles. The van der Waals surface area contributed by atoms with Gasteiger partial charge in [0.2, 0.25) is 0 Å². The highest BCUT2D eigenvalue weighted by Crippen LogP contribution is 2.29. The second-order valence-corrected chi connectivity index (χ2v) is 6.15. The first-order valence-corrected chi connectivity index (χ1v) is 7.50. The van der Waals surface area contributed by atoms with Crippen LogP contribution in [-0.2, 0) is 0 Å². The summed E-state index contributed by atoms with van der Waals surface area (Å²) >= 11 is 0. The second-order valence-electron chi connectivity index (χ2n) is 6.15. The Morgan fingerprint density at radius 1 is 1.15 bits per heavy atom. The van der Waals surface area contributed by atoms with Gasteiger partial charge in [-0.2, -0.15) is 0 Å². The SMILES string of the molecule is CC(C)CN1CCN(c2c(F)cccc2[C@H](C)N)CC1. The smallest absolute Gasteiger partial charge is 0.146 e. The number of anilines is 1. The average molecular weight is 279 g/mol. The van der Waals surface area contributed by atoms with E-state index in [1.54, 1.807) is 6.07 Å². The van der Waals surface area contributed by atoms with Gasteiger partial charge in [-0.3, -0.25) is 4.90 Å². The van der Waals surface area contributed by atoms with E-state index in [-0.39, 0.29) is 11.9 Å². The third kappa shape index (κ3) is 3.49. The van der Waals surface area contributed by atoms with E-state index in [2.05, 4.69) is 23.6 Å². The molecule has 20 heavy (non-hydrogen) atoms. The predicted molar refractivity (Wildman–Crippen MR) is 82.5 cm³/mol. The Bertz CT molecular complexity index is 437. The van der Waals surface area contributed by atoms with E-state index >= 15 is 0 Å². The van der Waals surface area contributed by atoms with Crippen LogP contribution < -0.4 is 10.6 Å². The molecule has 1 aliphatic heterocycles. The first-order valence-electron chi connectivity index (χ1n) is 7.50. The molecule has 0 amide bonds. The molecule has 4 heteroatoms. The fourth-order valence-corrected chi connectivity index (χ4v) is 2.90. The number of rotatable bonds is 4. The topological polar surface area (TPSA) is 32.5 Å². The molecule has 2 rings (SSSR count). The number of hydrogen-bond acceptors (Lipinski definition) is 3. The molecule has 1 fully saturated rings. The van der Waals surface area contributed by atoms with Crippen LogP contribution >= 0.6 is 0 Å². The molecule has 0 aromatic heterocycles. The third-order valence-corrected chi connectivity index (χ3v) is 3.82. The van der Waals surface area contributed by atoms with Crippen molar-refractivity contribution in [1.82, 2.24) is 4.90 Å². The normalized spacial score (nSPS) is 18.6. The minimum absolute atomic E-state index is 0.144. The monoisotopic (exact) mass is 279 g/mol. The van der Waals surface area contributed by atoms with Gasteiger partial charge in [0, 0.05) is 38.8 Å². The maximum Gasteiger partial charge on any atom is 0.146 e. The van der Waals surface area contributed by atoms with Crippen LogP contribution in [0.5, 0.6) is 0 Å². The average Bonchev–Trinajstić information content (AvgIpc) is 2.39. The molecule has 1 saturated heterocycles. The lowest BCUT2D eigenvalue weighted by Gasteiger charge is -2.38. The minimum Gasteiger partial charge on any atom is -0.366 e. The number of para-hydroxylation sites is 1. The molecule has 0 bridgehead atoms. The zero-order chi connectivity index (χ0) is 14.7. The van der Waals surface area contributed by atoms with Crippen LogP contribution in [-0.4, -0.2) is 37.6 Å². The van der Waals surface area contributed by atoms with Crippen LogP contribution in [0.2, 0.25) is 0 Å². The van der Waals surface area contributed by atoms with E-state index in [9.17, 15) is 4.39 Å². The Kier molecular flexibility index (Phi) is 5.00. The molecule has 1 atom stereocenters. The summed E-state index contributed by atoms with van der Waals surface area (Å²) in [6.07, 6.45) is 0. The highest BCUT2D eigenvalue weighted by molar-refractivity contribution is 5.56. The van der Waals surface area contributed by atoms with E-state index in [4.69, 9.17) is 5.73 Å². The Morgan fingerprint density at radius 3 is 2.35 bits per heavy atom. The van der Waals surface area contributed by atoms with Crippen LogP contribution in [0.1, 0.15) is 32.4 Å². The molecule has 0 radical (unpaired) electrons. The summed E-state index contributed by atoms with van der Waals surface area (Å²) in [6, 6.07) is 5.06. The standard InChI is InChI=1S/C16H26FN3/c1-12(2)11-19-7-9-20(10-8-19)16-14(13(3)18)5-4-6-15(16)17/h4-6,12-13H,7-11,18H2,1-3H3/t13-/m0/s1. The summed E-state index contributed by atoms with van der Waals surface area (Å²) in [5, 5.41) is 0. The number of benzene rings is 1. The second kappa shape index (κ2) is 6.55. The third-order valence-electron chi connectivity index (χ3n) is 3.82. The summed E-state index contributed by atoms with van der Waals surface area (Å²) < 4.78 is 14.2. The number of halogens is 1.